The zero-order valence-electron chi connectivity index (χ0n) is 16.4. The molecule has 2 aliphatic rings. The van der Waals surface area contributed by atoms with Gasteiger partial charge in [0.25, 0.3) is 11.7 Å². The van der Waals surface area contributed by atoms with E-state index in [-0.39, 0.29) is 11.6 Å². The maximum Gasteiger partial charge on any atom is 0.287 e. The van der Waals surface area contributed by atoms with Crippen LogP contribution in [0.5, 0.6) is 5.75 Å². The van der Waals surface area contributed by atoms with Gasteiger partial charge in [-0.05, 0) is 19.1 Å². The van der Waals surface area contributed by atoms with Crippen molar-refractivity contribution in [1.82, 2.24) is 9.55 Å². The summed E-state index contributed by atoms with van der Waals surface area (Å²) in [7, 11) is 1.76. The number of halogens is 2. The Bertz CT molecular complexity index is 999. The molecule has 1 fully saturated rings. The summed E-state index contributed by atoms with van der Waals surface area (Å²) in [6.45, 7) is 2.50. The number of likely N-dealkylation sites (N-methyl/N-ethyl adjacent to an activating group) is 1. The van der Waals surface area contributed by atoms with Crippen molar-refractivity contribution in [3.05, 3.63) is 24.4 Å². The highest BCUT2D eigenvalue weighted by Crippen LogP contribution is 2.38. The fourth-order valence-corrected chi connectivity index (χ4v) is 4.47. The molecular weight excluding hydrogens is 416 g/mol. The number of carbonyl (C=O) groups excluding carboxylic acids is 2. The van der Waals surface area contributed by atoms with Crippen LogP contribution < -0.4 is 20.3 Å². The van der Waals surface area contributed by atoms with Gasteiger partial charge in [-0.2, -0.15) is 0 Å². The molecule has 2 N–H and O–H groups in total. The highest BCUT2D eigenvalue weighted by atomic mass is 32.2. The number of hydrogen-bond acceptors (Lipinski definition) is 6. The Morgan fingerprint density at radius 3 is 2.90 bits per heavy atom. The lowest BCUT2D eigenvalue weighted by Crippen LogP contribution is -2.40. The summed E-state index contributed by atoms with van der Waals surface area (Å²) >= 11 is 0.872. The van der Waals surface area contributed by atoms with Gasteiger partial charge in [0.05, 0.1) is 12.1 Å². The first-order valence-corrected chi connectivity index (χ1v) is 10.4. The number of imidazole rings is 1. The third-order valence-electron chi connectivity index (χ3n) is 5.40. The molecule has 2 aliphatic heterocycles. The quantitative estimate of drug-likeness (QED) is 0.773. The predicted molar refractivity (Wildman–Crippen MR) is 110 cm³/mol. The number of nitrogens with zero attached hydrogens (tertiary/aromatic N) is 4. The van der Waals surface area contributed by atoms with Gasteiger partial charge >= 0.3 is 0 Å². The Hall–Kier alpha value is -2.82. The molecule has 0 bridgehead atoms. The fraction of sp³-hybridized carbons (Fsp3) is 0.421. The third-order valence-corrected chi connectivity index (χ3v) is 6.36. The Balaban J connectivity index is 1.71. The van der Waals surface area contributed by atoms with Crippen LogP contribution in [0.25, 0.3) is 11.4 Å². The molecule has 0 saturated carbocycles. The van der Waals surface area contributed by atoms with Crippen molar-refractivity contribution in [2.45, 2.75) is 32.0 Å². The van der Waals surface area contributed by atoms with E-state index in [0.29, 0.717) is 30.3 Å². The standard InChI is InChI=1S/C19H21F2N5O3S/c1-10(17(22)27)24(2)11-3-4-12-14(7-11)29-6-5-25-8-15(23-18(12)25)26-13(16(20)21)9-30-19(26)28/h3-4,7-8,10,13,16H,5-6,9H2,1-2H3,(H2,22,27)/t10-,13-/m0/s1. The van der Waals surface area contributed by atoms with Gasteiger partial charge in [-0.3, -0.25) is 14.5 Å². The molecule has 2 amide bonds. The molecule has 3 heterocycles. The maximum atomic E-state index is 13.4. The average Bonchev–Trinajstić information content (AvgIpc) is 3.25. The van der Waals surface area contributed by atoms with Gasteiger partial charge in [0.1, 0.15) is 30.3 Å². The third kappa shape index (κ3) is 3.47. The number of rotatable bonds is 5. The van der Waals surface area contributed by atoms with Crippen molar-refractivity contribution in [3.63, 3.8) is 0 Å². The first-order valence-electron chi connectivity index (χ1n) is 9.38. The molecule has 2 aromatic rings. The lowest BCUT2D eigenvalue weighted by atomic mass is 10.1. The molecular formula is C19H21F2N5O3S. The van der Waals surface area contributed by atoms with Crippen LogP contribution in [0.3, 0.4) is 0 Å². The molecule has 0 spiro atoms. The number of fused-ring (bicyclic) bond motifs is 3. The van der Waals surface area contributed by atoms with Crippen molar-refractivity contribution in [3.8, 4) is 17.1 Å². The molecule has 0 radical (unpaired) electrons. The Labute approximate surface area is 176 Å². The van der Waals surface area contributed by atoms with E-state index in [1.54, 1.807) is 41.8 Å². The molecule has 11 heteroatoms. The van der Waals surface area contributed by atoms with Crippen molar-refractivity contribution in [1.29, 1.82) is 0 Å². The summed E-state index contributed by atoms with van der Waals surface area (Å²) in [5, 5.41) is -0.428. The minimum atomic E-state index is -2.65. The second-order valence-electron chi connectivity index (χ2n) is 7.18. The average molecular weight is 437 g/mol. The first kappa shape index (κ1) is 20.5. The number of amides is 2. The largest absolute Gasteiger partial charge is 0.491 e. The van der Waals surface area contributed by atoms with E-state index >= 15 is 0 Å². The predicted octanol–water partition coefficient (Wildman–Crippen LogP) is 2.56. The molecule has 160 valence electrons. The monoisotopic (exact) mass is 437 g/mol. The topological polar surface area (TPSA) is 93.7 Å². The van der Waals surface area contributed by atoms with E-state index in [1.165, 1.54) is 0 Å². The molecule has 1 saturated heterocycles. The molecule has 0 aliphatic carbocycles. The highest BCUT2D eigenvalue weighted by molar-refractivity contribution is 8.14. The molecule has 0 unspecified atom stereocenters. The Morgan fingerprint density at radius 2 is 2.20 bits per heavy atom. The number of benzene rings is 1. The molecule has 30 heavy (non-hydrogen) atoms. The number of nitrogens with two attached hydrogens (primary N) is 1. The number of carbonyl (C=O) groups is 2. The summed E-state index contributed by atoms with van der Waals surface area (Å²) in [6, 6.07) is 3.70. The fourth-order valence-electron chi connectivity index (χ4n) is 3.49. The highest BCUT2D eigenvalue weighted by Gasteiger charge is 2.40. The number of hydrogen-bond donors (Lipinski definition) is 1. The number of anilines is 2. The van der Waals surface area contributed by atoms with Gasteiger partial charge in [0.15, 0.2) is 5.82 Å². The molecule has 4 rings (SSSR count). The van der Waals surface area contributed by atoms with Crippen LogP contribution in [0.15, 0.2) is 24.4 Å². The van der Waals surface area contributed by atoms with Crippen LogP contribution in [-0.2, 0) is 11.3 Å². The summed E-state index contributed by atoms with van der Waals surface area (Å²) in [5.41, 5.74) is 6.81. The molecule has 2 atom stereocenters. The van der Waals surface area contributed by atoms with Gasteiger partial charge in [0.2, 0.25) is 5.91 Å². The summed E-state index contributed by atoms with van der Waals surface area (Å²) in [5.74, 6) is 0.885. The van der Waals surface area contributed by atoms with Crippen LogP contribution in [0.1, 0.15) is 6.92 Å². The van der Waals surface area contributed by atoms with Crippen molar-refractivity contribution >= 4 is 34.4 Å². The van der Waals surface area contributed by atoms with E-state index in [4.69, 9.17) is 10.5 Å². The SMILES string of the molecule is C[C@@H](C(N)=O)N(C)c1ccc2c(c1)OCCn1cc(N3C(=O)SC[C@H]3C(F)F)nc1-2. The second-order valence-corrected chi connectivity index (χ2v) is 8.15. The minimum Gasteiger partial charge on any atom is -0.491 e. The van der Waals surface area contributed by atoms with Gasteiger partial charge in [-0.1, -0.05) is 11.8 Å². The van der Waals surface area contributed by atoms with Crippen molar-refractivity contribution in [2.75, 3.05) is 29.2 Å². The molecule has 1 aromatic heterocycles. The zero-order chi connectivity index (χ0) is 21.6. The smallest absolute Gasteiger partial charge is 0.287 e. The van der Waals surface area contributed by atoms with E-state index in [9.17, 15) is 18.4 Å². The molecule has 8 nitrogen and oxygen atoms in total. The van der Waals surface area contributed by atoms with Crippen molar-refractivity contribution in [2.24, 2.45) is 5.73 Å². The minimum absolute atomic E-state index is 0.0339. The van der Waals surface area contributed by atoms with Gasteiger partial charge in [-0.15, -0.1) is 0 Å². The number of primary amides is 1. The molecule has 1 aromatic carbocycles. The number of aromatic nitrogens is 2. The zero-order valence-corrected chi connectivity index (χ0v) is 17.2. The first-order chi connectivity index (χ1) is 14.3. The summed E-state index contributed by atoms with van der Waals surface area (Å²) < 4.78 is 34.4. The lowest BCUT2D eigenvalue weighted by molar-refractivity contribution is -0.118. The van der Waals surface area contributed by atoms with E-state index in [0.717, 1.165) is 22.3 Å². The van der Waals surface area contributed by atoms with E-state index in [2.05, 4.69) is 4.98 Å². The van der Waals surface area contributed by atoms with E-state index < -0.39 is 29.7 Å². The summed E-state index contributed by atoms with van der Waals surface area (Å²) in [4.78, 5) is 31.0. The number of thioether (sulfide) groups is 1. The maximum absolute atomic E-state index is 13.4. The number of alkyl halides is 2. The number of ether oxygens (including phenoxy) is 1. The Kier molecular flexibility index (Phi) is 5.31. The van der Waals surface area contributed by atoms with Crippen LogP contribution in [-0.4, -0.2) is 58.6 Å². The lowest BCUT2D eigenvalue weighted by Gasteiger charge is -2.25. The second kappa shape index (κ2) is 7.78. The van der Waals surface area contributed by atoms with Crippen LogP contribution in [0, 0.1) is 0 Å². The Morgan fingerprint density at radius 1 is 1.43 bits per heavy atom. The van der Waals surface area contributed by atoms with Crippen molar-refractivity contribution < 1.29 is 23.1 Å². The summed E-state index contributed by atoms with van der Waals surface area (Å²) in [6.07, 6.45) is -1.03. The van der Waals surface area contributed by atoms with Crippen LogP contribution >= 0.6 is 11.8 Å². The van der Waals surface area contributed by atoms with Crippen LogP contribution in [0.4, 0.5) is 25.1 Å². The normalized spacial score (nSPS) is 19.2. The van der Waals surface area contributed by atoms with E-state index in [1.807, 2.05) is 6.07 Å². The van der Waals surface area contributed by atoms with Gasteiger partial charge in [-0.25, -0.2) is 13.8 Å². The van der Waals surface area contributed by atoms with Gasteiger partial charge < -0.3 is 19.9 Å². The van der Waals surface area contributed by atoms with Crippen LogP contribution in [0.2, 0.25) is 0 Å². The van der Waals surface area contributed by atoms with Gasteiger partial charge in [0, 0.05) is 30.8 Å².